The summed E-state index contributed by atoms with van der Waals surface area (Å²) in [5.41, 5.74) is 5.88. The maximum atomic E-state index is 12.7. The van der Waals surface area contributed by atoms with Crippen LogP contribution in [0.4, 0.5) is 0 Å². The van der Waals surface area contributed by atoms with Crippen LogP contribution in [0.25, 0.3) is 0 Å². The molecule has 1 aliphatic rings. The Bertz CT molecular complexity index is 707. The SMILES string of the molecule is O=CC1CC[N+](CC(=O)Cc2ccccc2)(NCc2ccccc2)CC1. The maximum absolute atomic E-state index is 12.7. The third-order valence-corrected chi connectivity index (χ3v) is 5.23. The summed E-state index contributed by atoms with van der Waals surface area (Å²) in [5, 5.41) is 0. The predicted molar refractivity (Wildman–Crippen MR) is 102 cm³/mol. The van der Waals surface area contributed by atoms with Crippen LogP contribution in [-0.2, 0) is 22.6 Å². The third kappa shape index (κ3) is 5.10. The van der Waals surface area contributed by atoms with E-state index in [1.54, 1.807) is 0 Å². The molecule has 2 aromatic rings. The lowest BCUT2D eigenvalue weighted by Gasteiger charge is -2.41. The van der Waals surface area contributed by atoms with Crippen LogP contribution in [0.15, 0.2) is 60.7 Å². The van der Waals surface area contributed by atoms with Gasteiger partial charge in [0.05, 0.1) is 19.6 Å². The normalized spacial score (nSPS) is 22.7. The third-order valence-electron chi connectivity index (χ3n) is 5.23. The number of rotatable bonds is 8. The Balaban J connectivity index is 1.66. The van der Waals surface area contributed by atoms with Crippen molar-refractivity contribution in [3.63, 3.8) is 0 Å². The predicted octanol–water partition coefficient (Wildman–Crippen LogP) is 2.93. The summed E-state index contributed by atoms with van der Waals surface area (Å²) >= 11 is 0. The van der Waals surface area contributed by atoms with E-state index in [-0.39, 0.29) is 11.7 Å². The molecule has 0 aromatic heterocycles. The van der Waals surface area contributed by atoms with Crippen molar-refractivity contribution in [3.8, 4) is 0 Å². The van der Waals surface area contributed by atoms with E-state index in [0.717, 1.165) is 44.3 Å². The monoisotopic (exact) mass is 351 g/mol. The van der Waals surface area contributed by atoms with Crippen LogP contribution in [0.5, 0.6) is 0 Å². The summed E-state index contributed by atoms with van der Waals surface area (Å²) in [6.45, 7) is 2.83. The van der Waals surface area contributed by atoms with Gasteiger partial charge in [0.15, 0.2) is 12.3 Å². The van der Waals surface area contributed by atoms with E-state index in [0.29, 0.717) is 17.6 Å². The van der Waals surface area contributed by atoms with Gasteiger partial charge in [-0.25, -0.2) is 4.59 Å². The number of aldehydes is 1. The first-order valence-electron chi connectivity index (χ1n) is 9.35. The number of hydrogen-bond donors (Lipinski definition) is 1. The molecule has 0 amide bonds. The quantitative estimate of drug-likeness (QED) is 0.588. The number of quaternary nitrogens is 1. The van der Waals surface area contributed by atoms with Gasteiger partial charge in [0.25, 0.3) is 0 Å². The minimum absolute atomic E-state index is 0.129. The fraction of sp³-hybridized carbons (Fsp3) is 0.364. The Kier molecular flexibility index (Phi) is 6.31. The van der Waals surface area contributed by atoms with Gasteiger partial charge in [0.1, 0.15) is 6.29 Å². The molecule has 0 atom stereocenters. The van der Waals surface area contributed by atoms with Crippen LogP contribution in [-0.4, -0.2) is 36.3 Å². The fourth-order valence-corrected chi connectivity index (χ4v) is 3.66. The molecule has 3 rings (SSSR count). The molecule has 0 saturated carbocycles. The number of hydrogen-bond acceptors (Lipinski definition) is 3. The molecule has 2 aromatic carbocycles. The molecule has 4 nitrogen and oxygen atoms in total. The molecular formula is C22H27N2O2+. The van der Waals surface area contributed by atoms with Crippen LogP contribution < -0.4 is 5.43 Å². The first kappa shape index (κ1) is 18.5. The topological polar surface area (TPSA) is 46.2 Å². The highest BCUT2D eigenvalue weighted by atomic mass is 16.1. The lowest BCUT2D eigenvalue weighted by Crippen LogP contribution is -2.63. The summed E-state index contributed by atoms with van der Waals surface area (Å²) in [7, 11) is 0. The van der Waals surface area contributed by atoms with Crippen LogP contribution >= 0.6 is 0 Å². The highest BCUT2D eigenvalue weighted by Crippen LogP contribution is 2.21. The number of piperidine rings is 1. The van der Waals surface area contributed by atoms with E-state index >= 15 is 0 Å². The zero-order valence-electron chi connectivity index (χ0n) is 15.1. The molecule has 0 aliphatic carbocycles. The van der Waals surface area contributed by atoms with Crippen LogP contribution in [0.3, 0.4) is 0 Å². The van der Waals surface area contributed by atoms with E-state index in [1.165, 1.54) is 5.56 Å². The van der Waals surface area contributed by atoms with Crippen molar-refractivity contribution in [2.45, 2.75) is 25.8 Å². The van der Waals surface area contributed by atoms with Gasteiger partial charge < -0.3 is 4.79 Å². The fourth-order valence-electron chi connectivity index (χ4n) is 3.66. The molecule has 136 valence electrons. The number of nitrogens with zero attached hydrogens (tertiary/aromatic N) is 1. The minimum atomic E-state index is 0.129. The second-order valence-corrected chi connectivity index (χ2v) is 7.25. The largest absolute Gasteiger partial charge is 0.303 e. The van der Waals surface area contributed by atoms with Crippen molar-refractivity contribution in [1.82, 2.24) is 5.43 Å². The molecule has 0 unspecified atom stereocenters. The first-order valence-corrected chi connectivity index (χ1v) is 9.35. The number of Topliss-reactive ketones (excluding diaryl/α,β-unsaturated/α-hetero) is 1. The molecule has 1 fully saturated rings. The average Bonchev–Trinajstić information content (AvgIpc) is 2.69. The lowest BCUT2D eigenvalue weighted by atomic mass is 9.97. The molecule has 0 bridgehead atoms. The van der Waals surface area contributed by atoms with Crippen molar-refractivity contribution in [2.75, 3.05) is 19.6 Å². The Morgan fingerprint density at radius 1 is 0.962 bits per heavy atom. The summed E-state index contributed by atoms with van der Waals surface area (Å²) < 4.78 is 0.574. The molecular weight excluding hydrogens is 324 g/mol. The molecule has 1 N–H and O–H groups in total. The first-order chi connectivity index (χ1) is 12.7. The van der Waals surface area contributed by atoms with Crippen LogP contribution in [0.2, 0.25) is 0 Å². The van der Waals surface area contributed by atoms with E-state index in [2.05, 4.69) is 17.6 Å². The van der Waals surface area contributed by atoms with E-state index in [4.69, 9.17) is 0 Å². The Labute approximate surface area is 155 Å². The molecule has 26 heavy (non-hydrogen) atoms. The number of likely N-dealkylation sites (tertiary alicyclic amines) is 1. The number of ketones is 1. The zero-order chi connectivity index (χ0) is 18.2. The van der Waals surface area contributed by atoms with Crippen molar-refractivity contribution in [1.29, 1.82) is 0 Å². The van der Waals surface area contributed by atoms with Gasteiger partial charge in [-0.1, -0.05) is 60.7 Å². The number of benzene rings is 2. The van der Waals surface area contributed by atoms with Gasteiger partial charge in [-0.2, -0.15) is 5.43 Å². The van der Waals surface area contributed by atoms with Crippen molar-refractivity contribution in [2.24, 2.45) is 5.92 Å². The maximum Gasteiger partial charge on any atom is 0.193 e. The molecule has 1 heterocycles. The minimum Gasteiger partial charge on any atom is -0.303 e. The Hall–Kier alpha value is -2.30. The van der Waals surface area contributed by atoms with Gasteiger partial charge in [-0.15, -0.1) is 0 Å². The Morgan fingerprint density at radius 2 is 1.54 bits per heavy atom. The summed E-state index contributed by atoms with van der Waals surface area (Å²) in [6.07, 6.45) is 3.20. The van der Waals surface area contributed by atoms with Crippen LogP contribution in [0.1, 0.15) is 24.0 Å². The Morgan fingerprint density at radius 3 is 2.12 bits per heavy atom. The van der Waals surface area contributed by atoms with E-state index < -0.39 is 0 Å². The van der Waals surface area contributed by atoms with Gasteiger partial charge >= 0.3 is 0 Å². The number of carbonyl (C=O) groups excluding carboxylic acids is 2. The van der Waals surface area contributed by atoms with Gasteiger partial charge in [-0.05, 0) is 11.1 Å². The second-order valence-electron chi connectivity index (χ2n) is 7.25. The van der Waals surface area contributed by atoms with Crippen LogP contribution in [0, 0.1) is 5.92 Å². The summed E-state index contributed by atoms with van der Waals surface area (Å²) in [5.74, 6) is 0.366. The van der Waals surface area contributed by atoms with Crippen molar-refractivity contribution >= 4 is 12.1 Å². The number of nitrogens with one attached hydrogen (secondary N) is 1. The molecule has 1 saturated heterocycles. The highest BCUT2D eigenvalue weighted by molar-refractivity contribution is 5.81. The smallest absolute Gasteiger partial charge is 0.193 e. The standard InChI is InChI=1S/C22H27N2O2/c25-18-21-11-13-24(14-12-21,23-16-20-9-5-2-6-10-20)17-22(26)15-19-7-3-1-4-8-19/h1-10,18,21,23H,11-17H2/q+1. The van der Waals surface area contributed by atoms with E-state index in [1.807, 2.05) is 48.5 Å². The van der Waals surface area contributed by atoms with Crippen molar-refractivity contribution < 1.29 is 14.2 Å². The average molecular weight is 351 g/mol. The second kappa shape index (κ2) is 8.88. The van der Waals surface area contributed by atoms with Gasteiger partial charge in [0.2, 0.25) is 0 Å². The molecule has 4 heteroatoms. The summed E-state index contributed by atoms with van der Waals surface area (Å²) in [6, 6.07) is 20.1. The molecule has 0 spiro atoms. The lowest BCUT2D eigenvalue weighted by molar-refractivity contribution is -0.968. The number of carbonyl (C=O) groups is 2. The molecule has 0 radical (unpaired) electrons. The van der Waals surface area contributed by atoms with Crippen molar-refractivity contribution in [3.05, 3.63) is 71.8 Å². The van der Waals surface area contributed by atoms with Gasteiger partial charge in [-0.3, -0.25) is 4.79 Å². The molecule has 1 aliphatic heterocycles. The summed E-state index contributed by atoms with van der Waals surface area (Å²) in [4.78, 5) is 23.8. The zero-order valence-corrected chi connectivity index (χ0v) is 15.1. The highest BCUT2D eigenvalue weighted by Gasteiger charge is 2.36. The van der Waals surface area contributed by atoms with Gasteiger partial charge in [0, 0.05) is 25.2 Å². The van der Waals surface area contributed by atoms with E-state index in [9.17, 15) is 9.59 Å².